The molecule has 0 fully saturated rings. The van der Waals surface area contributed by atoms with Gasteiger partial charge in [0.1, 0.15) is 18.2 Å². The van der Waals surface area contributed by atoms with Crippen LogP contribution in [-0.4, -0.2) is 146 Å². The first-order valence-corrected chi connectivity index (χ1v) is 16.1. The number of carbonyl (C=O) groups excluding carboxylic acids is 2. The summed E-state index contributed by atoms with van der Waals surface area (Å²) < 4.78 is 0. The summed E-state index contributed by atoms with van der Waals surface area (Å²) in [7, 11) is 1.92. The van der Waals surface area contributed by atoms with E-state index in [0.29, 0.717) is 102 Å². The molecule has 4 atom stereocenters. The number of rotatable bonds is 18. The lowest BCUT2D eigenvalue weighted by molar-refractivity contribution is -0.144. The topological polar surface area (TPSA) is 216 Å². The van der Waals surface area contributed by atoms with Crippen molar-refractivity contribution in [3.05, 3.63) is 29.6 Å². The summed E-state index contributed by atoms with van der Waals surface area (Å²) >= 11 is 0. The van der Waals surface area contributed by atoms with Crippen LogP contribution in [0, 0.1) is 0 Å². The minimum absolute atomic E-state index is 0.252. The first-order chi connectivity index (χ1) is 22.0. The van der Waals surface area contributed by atoms with Gasteiger partial charge in [-0.05, 0) is 64.1 Å². The zero-order valence-electron chi connectivity index (χ0n) is 27.0. The van der Waals surface area contributed by atoms with E-state index in [9.17, 15) is 39.6 Å². The van der Waals surface area contributed by atoms with Crippen LogP contribution in [0.4, 0.5) is 0 Å². The van der Waals surface area contributed by atoms with Gasteiger partial charge in [0.15, 0.2) is 6.10 Å². The SMILES string of the molecule is CCC(O)C(=O)NCCCCC(C(=O)O)N1CCN(C)CCN(C(CCCCNC(=O)C(O)CO)C(=O)O)Cc2cccc(n2)C1. The number of fused-ring (bicyclic) bond motifs is 2. The molecule has 1 aliphatic rings. The number of aliphatic hydroxyl groups is 3. The van der Waals surface area contributed by atoms with Crippen molar-refractivity contribution in [2.24, 2.45) is 0 Å². The number of aromatic nitrogens is 1. The highest BCUT2D eigenvalue weighted by atomic mass is 16.4. The van der Waals surface area contributed by atoms with Gasteiger partial charge in [-0.25, -0.2) is 0 Å². The van der Waals surface area contributed by atoms with E-state index < -0.39 is 54.7 Å². The van der Waals surface area contributed by atoms with Crippen LogP contribution in [0.25, 0.3) is 0 Å². The average Bonchev–Trinajstić information content (AvgIpc) is 3.03. The van der Waals surface area contributed by atoms with E-state index in [1.807, 2.05) is 35.0 Å². The number of carbonyl (C=O) groups is 4. The minimum Gasteiger partial charge on any atom is -0.480 e. The largest absolute Gasteiger partial charge is 0.480 e. The Bertz CT molecular complexity index is 1030. The fourth-order valence-corrected chi connectivity index (χ4v) is 5.30. The third-order valence-electron chi connectivity index (χ3n) is 8.16. The van der Waals surface area contributed by atoms with Crippen LogP contribution in [-0.2, 0) is 32.3 Å². The summed E-state index contributed by atoms with van der Waals surface area (Å²) in [6.07, 6.45) is 0.694. The van der Waals surface area contributed by atoms with Crippen molar-refractivity contribution in [1.82, 2.24) is 30.3 Å². The number of unbranched alkanes of at least 4 members (excludes halogenated alkanes) is 2. The van der Waals surface area contributed by atoms with Gasteiger partial charge in [-0.2, -0.15) is 0 Å². The Morgan fingerprint density at radius 2 is 1.24 bits per heavy atom. The van der Waals surface area contributed by atoms with Crippen LogP contribution in [0.15, 0.2) is 18.2 Å². The number of hydrogen-bond acceptors (Lipinski definition) is 11. The molecule has 0 spiro atoms. The molecule has 2 bridgehead atoms. The molecule has 0 aliphatic carbocycles. The number of amides is 2. The number of carboxylic acid groups (broad SMARTS) is 2. The Morgan fingerprint density at radius 3 is 1.65 bits per heavy atom. The van der Waals surface area contributed by atoms with E-state index in [0.717, 1.165) is 0 Å². The van der Waals surface area contributed by atoms with Crippen LogP contribution in [0.3, 0.4) is 0 Å². The van der Waals surface area contributed by atoms with E-state index in [-0.39, 0.29) is 6.54 Å². The molecule has 15 heteroatoms. The summed E-state index contributed by atoms with van der Waals surface area (Å²) in [5.74, 6) is -2.99. The van der Waals surface area contributed by atoms with E-state index in [2.05, 4.69) is 15.5 Å². The van der Waals surface area contributed by atoms with Gasteiger partial charge >= 0.3 is 11.9 Å². The Labute approximate surface area is 270 Å². The second-order valence-electron chi connectivity index (χ2n) is 11.8. The molecule has 2 amide bonds. The number of pyridine rings is 1. The molecule has 46 heavy (non-hydrogen) atoms. The van der Waals surface area contributed by atoms with Crippen LogP contribution in [0.2, 0.25) is 0 Å². The number of aliphatic carboxylic acids is 2. The third-order valence-corrected chi connectivity index (χ3v) is 8.16. The Kier molecular flexibility index (Phi) is 17.6. The van der Waals surface area contributed by atoms with Gasteiger partial charge in [0.05, 0.1) is 18.0 Å². The molecule has 0 aromatic carbocycles. The standard InChI is InChI=1S/C31H52N6O9/c1-3-26(39)28(41)32-13-6-4-11-24(30(43)44)36-17-15-35(2)16-18-37(20-23-10-8-9-22(19-36)34-23)25(31(45)46)12-5-7-14-33-29(42)27(40)21-38/h8-10,24-27,38-40H,3-7,11-21H2,1-2H3,(H,32,41)(H,33,42)(H,43,44)(H,45,46). The number of aliphatic hydroxyl groups excluding tert-OH is 3. The lowest BCUT2D eigenvalue weighted by atomic mass is 10.1. The molecule has 7 N–H and O–H groups in total. The van der Waals surface area contributed by atoms with E-state index in [1.54, 1.807) is 6.92 Å². The van der Waals surface area contributed by atoms with E-state index >= 15 is 0 Å². The zero-order chi connectivity index (χ0) is 34.1. The smallest absolute Gasteiger partial charge is 0.320 e. The Hall–Kier alpha value is -3.21. The van der Waals surface area contributed by atoms with Crippen LogP contribution < -0.4 is 10.6 Å². The Balaban J connectivity index is 2.08. The number of nitrogens with zero attached hydrogens (tertiary/aromatic N) is 4. The molecule has 2 rings (SSSR count). The van der Waals surface area contributed by atoms with E-state index in [4.69, 9.17) is 10.1 Å². The predicted octanol–water partition coefficient (Wildman–Crippen LogP) is -0.765. The maximum atomic E-state index is 12.4. The maximum Gasteiger partial charge on any atom is 0.320 e. The lowest BCUT2D eigenvalue weighted by Gasteiger charge is -2.34. The minimum atomic E-state index is -1.48. The van der Waals surface area contributed by atoms with Gasteiger partial charge in [-0.1, -0.05) is 13.0 Å². The summed E-state index contributed by atoms with van der Waals surface area (Å²) in [5, 5.41) is 53.3. The van der Waals surface area contributed by atoms with Crippen LogP contribution in [0.5, 0.6) is 0 Å². The molecule has 2 heterocycles. The molecule has 15 nitrogen and oxygen atoms in total. The zero-order valence-corrected chi connectivity index (χ0v) is 27.0. The summed E-state index contributed by atoms with van der Waals surface area (Å²) in [5.41, 5.74) is 1.36. The molecular formula is C31H52N6O9. The van der Waals surface area contributed by atoms with Gasteiger partial charge in [-0.15, -0.1) is 0 Å². The van der Waals surface area contributed by atoms with Gasteiger partial charge in [-0.3, -0.25) is 34.0 Å². The molecule has 1 aliphatic heterocycles. The molecule has 1 aromatic rings. The summed E-state index contributed by atoms with van der Waals surface area (Å²) in [4.78, 5) is 58.8. The van der Waals surface area contributed by atoms with Crippen molar-refractivity contribution in [2.45, 2.75) is 89.3 Å². The van der Waals surface area contributed by atoms with Crippen LogP contribution in [0.1, 0.15) is 63.3 Å². The average molecular weight is 653 g/mol. The Morgan fingerprint density at radius 1 is 0.783 bits per heavy atom. The van der Waals surface area contributed by atoms with E-state index in [1.165, 1.54) is 0 Å². The molecule has 4 unspecified atom stereocenters. The molecular weight excluding hydrogens is 600 g/mol. The third kappa shape index (κ3) is 13.6. The van der Waals surface area contributed by atoms with Crippen molar-refractivity contribution in [3.8, 4) is 0 Å². The van der Waals surface area contributed by atoms with Crippen molar-refractivity contribution in [1.29, 1.82) is 0 Å². The molecule has 0 saturated carbocycles. The van der Waals surface area contributed by atoms with Crippen molar-refractivity contribution in [2.75, 3.05) is 52.9 Å². The van der Waals surface area contributed by atoms with Gasteiger partial charge < -0.3 is 41.1 Å². The second-order valence-corrected chi connectivity index (χ2v) is 11.8. The molecule has 0 radical (unpaired) electrons. The maximum absolute atomic E-state index is 12.4. The van der Waals surface area contributed by atoms with Crippen molar-refractivity contribution >= 4 is 23.8 Å². The molecule has 0 saturated heterocycles. The second kappa shape index (κ2) is 20.8. The normalized spacial score (nSPS) is 17.9. The highest BCUT2D eigenvalue weighted by Crippen LogP contribution is 2.18. The number of nitrogens with one attached hydrogen (secondary N) is 2. The first kappa shape index (κ1) is 39.0. The molecule has 1 aromatic heterocycles. The number of hydrogen-bond donors (Lipinski definition) is 7. The monoisotopic (exact) mass is 652 g/mol. The lowest BCUT2D eigenvalue weighted by Crippen LogP contribution is -2.47. The fraction of sp³-hybridized carbons (Fsp3) is 0.710. The van der Waals surface area contributed by atoms with Gasteiger partial charge in [0.25, 0.3) is 5.91 Å². The highest BCUT2D eigenvalue weighted by molar-refractivity contribution is 5.80. The number of likely N-dealkylation sites (N-methyl/N-ethyl adjacent to an activating group) is 1. The summed E-state index contributed by atoms with van der Waals surface area (Å²) in [6.45, 7) is 4.25. The van der Waals surface area contributed by atoms with Crippen LogP contribution >= 0.6 is 0 Å². The first-order valence-electron chi connectivity index (χ1n) is 16.1. The van der Waals surface area contributed by atoms with Crippen molar-refractivity contribution < 1.29 is 44.7 Å². The molecule has 260 valence electrons. The van der Waals surface area contributed by atoms with Gasteiger partial charge in [0.2, 0.25) is 5.91 Å². The predicted molar refractivity (Wildman–Crippen MR) is 169 cm³/mol. The summed E-state index contributed by atoms with van der Waals surface area (Å²) in [6, 6.07) is 3.96. The van der Waals surface area contributed by atoms with Crippen molar-refractivity contribution in [3.63, 3.8) is 0 Å². The quantitative estimate of drug-likeness (QED) is 0.0972. The fourth-order valence-electron chi connectivity index (χ4n) is 5.30. The van der Waals surface area contributed by atoms with Gasteiger partial charge in [0, 0.05) is 52.4 Å². The highest BCUT2D eigenvalue weighted by Gasteiger charge is 2.29. The number of carboxylic acids is 2.